The monoisotopic (exact) mass is 322 g/mol. The van der Waals surface area contributed by atoms with Crippen LogP contribution in [-0.4, -0.2) is 44.1 Å². The summed E-state index contributed by atoms with van der Waals surface area (Å²) in [5.74, 6) is 0.944. The minimum atomic E-state index is 0.0681. The number of anilines is 1. The average molecular weight is 322 g/mol. The van der Waals surface area contributed by atoms with Gasteiger partial charge >= 0.3 is 0 Å². The fraction of sp³-hybridized carbons (Fsp3) is 0.250. The molecule has 0 radical (unpaired) electrons. The fourth-order valence-corrected chi connectivity index (χ4v) is 2.90. The number of hydrogen-bond donors (Lipinski definition) is 0. The lowest BCUT2D eigenvalue weighted by molar-refractivity contribution is -0.126. The molecule has 24 heavy (non-hydrogen) atoms. The Hall–Kier alpha value is -2.75. The molecule has 4 nitrogen and oxygen atoms in total. The number of carbonyl (C=O) groups is 1. The second-order valence-corrected chi connectivity index (χ2v) is 5.73. The predicted octanol–water partition coefficient (Wildman–Crippen LogP) is 3.06. The van der Waals surface area contributed by atoms with E-state index in [0.29, 0.717) is 0 Å². The van der Waals surface area contributed by atoms with Crippen LogP contribution >= 0.6 is 0 Å². The van der Waals surface area contributed by atoms with E-state index in [1.807, 2.05) is 59.5 Å². The SMILES string of the molecule is COc1ccccc1N1CCN(C(=O)/C=C/c2ccccc2)CC1. The Morgan fingerprint density at radius 2 is 1.62 bits per heavy atom. The molecule has 0 atom stereocenters. The van der Waals surface area contributed by atoms with Gasteiger partial charge < -0.3 is 14.5 Å². The third-order valence-electron chi connectivity index (χ3n) is 4.24. The molecule has 1 saturated heterocycles. The van der Waals surface area contributed by atoms with Gasteiger partial charge in [-0.15, -0.1) is 0 Å². The lowest BCUT2D eigenvalue weighted by Gasteiger charge is -2.36. The summed E-state index contributed by atoms with van der Waals surface area (Å²) in [6.07, 6.45) is 3.53. The van der Waals surface area contributed by atoms with E-state index < -0.39 is 0 Å². The van der Waals surface area contributed by atoms with E-state index in [1.165, 1.54) is 0 Å². The Labute approximate surface area is 143 Å². The minimum absolute atomic E-state index is 0.0681. The highest BCUT2D eigenvalue weighted by Gasteiger charge is 2.21. The highest BCUT2D eigenvalue weighted by molar-refractivity contribution is 5.92. The molecule has 124 valence electrons. The van der Waals surface area contributed by atoms with Crippen LogP contribution < -0.4 is 9.64 Å². The molecule has 3 rings (SSSR count). The lowest BCUT2D eigenvalue weighted by atomic mass is 10.2. The Balaban J connectivity index is 1.59. The van der Waals surface area contributed by atoms with Gasteiger partial charge in [-0.05, 0) is 23.8 Å². The Bertz CT molecular complexity index is 705. The molecule has 0 bridgehead atoms. The first-order valence-electron chi connectivity index (χ1n) is 8.18. The van der Waals surface area contributed by atoms with Crippen molar-refractivity contribution < 1.29 is 9.53 Å². The molecule has 0 aliphatic carbocycles. The van der Waals surface area contributed by atoms with E-state index >= 15 is 0 Å². The molecule has 0 unspecified atom stereocenters. The quantitative estimate of drug-likeness (QED) is 0.811. The van der Waals surface area contributed by atoms with Crippen LogP contribution in [-0.2, 0) is 4.79 Å². The van der Waals surface area contributed by atoms with Gasteiger partial charge in [0, 0.05) is 32.3 Å². The van der Waals surface area contributed by atoms with Crippen molar-refractivity contribution in [2.45, 2.75) is 0 Å². The van der Waals surface area contributed by atoms with Crippen molar-refractivity contribution in [3.05, 3.63) is 66.2 Å². The van der Waals surface area contributed by atoms with Gasteiger partial charge in [-0.1, -0.05) is 42.5 Å². The highest BCUT2D eigenvalue weighted by atomic mass is 16.5. The topological polar surface area (TPSA) is 32.8 Å². The van der Waals surface area contributed by atoms with Crippen LogP contribution in [0.2, 0.25) is 0 Å². The van der Waals surface area contributed by atoms with Gasteiger partial charge in [0.2, 0.25) is 5.91 Å². The van der Waals surface area contributed by atoms with Crippen LogP contribution in [0.15, 0.2) is 60.7 Å². The summed E-state index contributed by atoms with van der Waals surface area (Å²) in [7, 11) is 1.69. The Morgan fingerprint density at radius 1 is 0.958 bits per heavy atom. The zero-order valence-corrected chi connectivity index (χ0v) is 13.9. The largest absolute Gasteiger partial charge is 0.495 e. The molecule has 0 aromatic heterocycles. The van der Waals surface area contributed by atoms with Gasteiger partial charge in [-0.25, -0.2) is 0 Å². The van der Waals surface area contributed by atoms with E-state index in [2.05, 4.69) is 11.0 Å². The number of methoxy groups -OCH3 is 1. The molecule has 1 amide bonds. The second-order valence-electron chi connectivity index (χ2n) is 5.73. The standard InChI is InChI=1S/C20H22N2O2/c1-24-19-10-6-5-9-18(19)21-13-15-22(16-14-21)20(23)12-11-17-7-3-2-4-8-17/h2-12H,13-16H2,1H3/b12-11+. The van der Waals surface area contributed by atoms with E-state index in [0.717, 1.165) is 43.2 Å². The van der Waals surface area contributed by atoms with Gasteiger partial charge in [-0.2, -0.15) is 0 Å². The van der Waals surface area contributed by atoms with Crippen molar-refractivity contribution in [3.8, 4) is 5.75 Å². The van der Waals surface area contributed by atoms with E-state index in [9.17, 15) is 4.79 Å². The summed E-state index contributed by atoms with van der Waals surface area (Å²) in [5, 5.41) is 0. The molecule has 0 saturated carbocycles. The van der Waals surface area contributed by atoms with Crippen LogP contribution in [0.25, 0.3) is 6.08 Å². The van der Waals surface area contributed by atoms with Gasteiger partial charge in [0.25, 0.3) is 0 Å². The number of amides is 1. The molecule has 2 aromatic rings. The highest BCUT2D eigenvalue weighted by Crippen LogP contribution is 2.28. The van der Waals surface area contributed by atoms with Crippen molar-refractivity contribution in [2.75, 3.05) is 38.2 Å². The number of hydrogen-bond acceptors (Lipinski definition) is 3. The maximum Gasteiger partial charge on any atom is 0.246 e. The third kappa shape index (κ3) is 3.77. The van der Waals surface area contributed by atoms with Crippen LogP contribution in [0.1, 0.15) is 5.56 Å². The van der Waals surface area contributed by atoms with Crippen molar-refractivity contribution in [2.24, 2.45) is 0 Å². The number of ether oxygens (including phenoxy) is 1. The van der Waals surface area contributed by atoms with E-state index in [4.69, 9.17) is 4.74 Å². The molecule has 0 spiro atoms. The maximum atomic E-state index is 12.3. The molecule has 1 fully saturated rings. The number of benzene rings is 2. The number of para-hydroxylation sites is 2. The first-order valence-corrected chi connectivity index (χ1v) is 8.18. The summed E-state index contributed by atoms with van der Waals surface area (Å²) in [6.45, 7) is 3.06. The molecule has 4 heteroatoms. The summed E-state index contributed by atoms with van der Waals surface area (Å²) in [4.78, 5) is 16.5. The van der Waals surface area contributed by atoms with Crippen LogP contribution in [0.5, 0.6) is 5.75 Å². The maximum absolute atomic E-state index is 12.3. The van der Waals surface area contributed by atoms with Crippen LogP contribution in [0.4, 0.5) is 5.69 Å². The Kier molecular flexibility index (Phi) is 5.16. The predicted molar refractivity (Wildman–Crippen MR) is 97.3 cm³/mol. The lowest BCUT2D eigenvalue weighted by Crippen LogP contribution is -2.48. The van der Waals surface area contributed by atoms with Crippen molar-refractivity contribution in [1.29, 1.82) is 0 Å². The van der Waals surface area contributed by atoms with Crippen LogP contribution in [0.3, 0.4) is 0 Å². The number of piperazine rings is 1. The smallest absolute Gasteiger partial charge is 0.246 e. The van der Waals surface area contributed by atoms with Gasteiger partial charge in [0.15, 0.2) is 0 Å². The summed E-state index contributed by atoms with van der Waals surface area (Å²) in [6, 6.07) is 17.9. The summed E-state index contributed by atoms with van der Waals surface area (Å²) < 4.78 is 5.43. The normalized spacial score (nSPS) is 14.9. The van der Waals surface area contributed by atoms with Gasteiger partial charge in [-0.3, -0.25) is 4.79 Å². The number of carbonyl (C=O) groups excluding carboxylic acids is 1. The molecule has 1 aliphatic rings. The summed E-state index contributed by atoms with van der Waals surface area (Å²) in [5.41, 5.74) is 2.13. The molecule has 1 aliphatic heterocycles. The molecule has 0 N–H and O–H groups in total. The molecule has 1 heterocycles. The number of rotatable bonds is 4. The first kappa shape index (κ1) is 16.1. The van der Waals surface area contributed by atoms with Crippen LogP contribution in [0, 0.1) is 0 Å². The second kappa shape index (κ2) is 7.68. The van der Waals surface area contributed by atoms with Gasteiger partial charge in [0.05, 0.1) is 12.8 Å². The van der Waals surface area contributed by atoms with Crippen molar-refractivity contribution in [1.82, 2.24) is 4.90 Å². The molecular weight excluding hydrogens is 300 g/mol. The summed E-state index contributed by atoms with van der Waals surface area (Å²) >= 11 is 0. The zero-order chi connectivity index (χ0) is 16.8. The third-order valence-corrected chi connectivity index (χ3v) is 4.24. The zero-order valence-electron chi connectivity index (χ0n) is 13.9. The Morgan fingerprint density at radius 3 is 2.33 bits per heavy atom. The van der Waals surface area contributed by atoms with Crippen molar-refractivity contribution in [3.63, 3.8) is 0 Å². The minimum Gasteiger partial charge on any atom is -0.495 e. The fourth-order valence-electron chi connectivity index (χ4n) is 2.90. The first-order chi connectivity index (χ1) is 11.8. The number of nitrogens with zero attached hydrogens (tertiary/aromatic N) is 2. The molecule has 2 aromatic carbocycles. The van der Waals surface area contributed by atoms with Crippen molar-refractivity contribution >= 4 is 17.7 Å². The van der Waals surface area contributed by atoms with E-state index in [1.54, 1.807) is 13.2 Å². The molecular formula is C20H22N2O2. The van der Waals surface area contributed by atoms with Gasteiger partial charge in [0.1, 0.15) is 5.75 Å². The average Bonchev–Trinajstić information content (AvgIpc) is 2.67. The van der Waals surface area contributed by atoms with E-state index in [-0.39, 0.29) is 5.91 Å².